The van der Waals surface area contributed by atoms with Gasteiger partial charge in [-0.25, -0.2) is 0 Å². The molecule has 3 rings (SSSR count). The SMILES string of the molecule is COCCOCC(=O)N1CCCN(C(=O)c2ccccc2)C(c2nc(C)no2)C1. The first-order chi connectivity index (χ1) is 14.1. The average Bonchev–Trinajstić information content (AvgIpc) is 3.05. The van der Waals surface area contributed by atoms with Crippen LogP contribution in [0.5, 0.6) is 0 Å². The van der Waals surface area contributed by atoms with Crippen LogP contribution in [0.1, 0.15) is 34.5 Å². The number of aryl methyl sites for hydroxylation is 1. The maximum Gasteiger partial charge on any atom is 0.254 e. The van der Waals surface area contributed by atoms with Crippen molar-refractivity contribution in [3.63, 3.8) is 0 Å². The zero-order valence-electron chi connectivity index (χ0n) is 16.7. The first kappa shape index (κ1) is 20.9. The fourth-order valence-electron chi connectivity index (χ4n) is 3.26. The Morgan fingerprint density at radius 1 is 1.21 bits per heavy atom. The summed E-state index contributed by atoms with van der Waals surface area (Å²) in [6.45, 7) is 3.73. The number of hydrogen-bond donors (Lipinski definition) is 0. The normalized spacial score (nSPS) is 17.2. The Labute approximate surface area is 169 Å². The lowest BCUT2D eigenvalue weighted by molar-refractivity contribution is -0.137. The molecular formula is C20H26N4O5. The second-order valence-corrected chi connectivity index (χ2v) is 6.80. The van der Waals surface area contributed by atoms with Gasteiger partial charge in [-0.05, 0) is 25.5 Å². The van der Waals surface area contributed by atoms with Gasteiger partial charge in [0.15, 0.2) is 5.82 Å². The molecule has 1 fully saturated rings. The van der Waals surface area contributed by atoms with Gasteiger partial charge in [-0.3, -0.25) is 9.59 Å². The molecule has 9 heteroatoms. The van der Waals surface area contributed by atoms with Crippen LogP contribution in [0.4, 0.5) is 0 Å². The van der Waals surface area contributed by atoms with E-state index in [1.807, 2.05) is 18.2 Å². The summed E-state index contributed by atoms with van der Waals surface area (Å²) in [5, 5.41) is 3.86. The Hall–Kier alpha value is -2.78. The zero-order chi connectivity index (χ0) is 20.6. The lowest BCUT2D eigenvalue weighted by Gasteiger charge is -2.29. The lowest BCUT2D eigenvalue weighted by Crippen LogP contribution is -2.41. The number of nitrogens with zero attached hydrogens (tertiary/aromatic N) is 4. The number of carbonyl (C=O) groups is 2. The molecule has 0 bridgehead atoms. The highest BCUT2D eigenvalue weighted by Crippen LogP contribution is 2.26. The van der Waals surface area contributed by atoms with E-state index < -0.39 is 6.04 Å². The minimum atomic E-state index is -0.519. The molecule has 1 unspecified atom stereocenters. The number of carbonyl (C=O) groups excluding carboxylic acids is 2. The third kappa shape index (κ3) is 5.39. The molecule has 9 nitrogen and oxygen atoms in total. The van der Waals surface area contributed by atoms with Crippen molar-refractivity contribution in [2.24, 2.45) is 0 Å². The molecule has 1 atom stereocenters. The second kappa shape index (κ2) is 10.1. The molecule has 0 radical (unpaired) electrons. The van der Waals surface area contributed by atoms with E-state index in [0.29, 0.717) is 50.0 Å². The highest BCUT2D eigenvalue weighted by molar-refractivity contribution is 5.94. The molecule has 1 aromatic carbocycles. The monoisotopic (exact) mass is 402 g/mol. The molecule has 0 aliphatic carbocycles. The quantitative estimate of drug-likeness (QED) is 0.647. The number of benzene rings is 1. The third-order valence-electron chi connectivity index (χ3n) is 4.72. The fourth-order valence-corrected chi connectivity index (χ4v) is 3.26. The minimum Gasteiger partial charge on any atom is -0.382 e. The Balaban J connectivity index is 1.79. The first-order valence-corrected chi connectivity index (χ1v) is 9.61. The topological polar surface area (TPSA) is 98.0 Å². The van der Waals surface area contributed by atoms with Gasteiger partial charge in [-0.1, -0.05) is 23.4 Å². The molecule has 0 saturated carbocycles. The van der Waals surface area contributed by atoms with Gasteiger partial charge < -0.3 is 23.8 Å². The van der Waals surface area contributed by atoms with Crippen LogP contribution in [0, 0.1) is 6.92 Å². The molecule has 1 aliphatic heterocycles. The van der Waals surface area contributed by atoms with Gasteiger partial charge in [-0.2, -0.15) is 4.98 Å². The minimum absolute atomic E-state index is 0.0361. The Morgan fingerprint density at radius 3 is 2.69 bits per heavy atom. The van der Waals surface area contributed by atoms with Crippen molar-refractivity contribution in [1.29, 1.82) is 0 Å². The molecule has 1 aromatic heterocycles. The van der Waals surface area contributed by atoms with Crippen LogP contribution < -0.4 is 0 Å². The van der Waals surface area contributed by atoms with E-state index >= 15 is 0 Å². The van der Waals surface area contributed by atoms with E-state index in [-0.39, 0.29) is 25.0 Å². The molecule has 2 aromatic rings. The average molecular weight is 402 g/mol. The van der Waals surface area contributed by atoms with Crippen LogP contribution in [0.25, 0.3) is 0 Å². The summed E-state index contributed by atoms with van der Waals surface area (Å²) < 4.78 is 15.7. The van der Waals surface area contributed by atoms with Gasteiger partial charge in [0.05, 0.1) is 19.8 Å². The summed E-state index contributed by atoms with van der Waals surface area (Å²) >= 11 is 0. The zero-order valence-corrected chi connectivity index (χ0v) is 16.7. The van der Waals surface area contributed by atoms with Crippen molar-refractivity contribution in [2.75, 3.05) is 46.6 Å². The molecular weight excluding hydrogens is 376 g/mol. The van der Waals surface area contributed by atoms with E-state index in [1.54, 1.807) is 36.0 Å². The summed E-state index contributed by atoms with van der Waals surface area (Å²) in [5.41, 5.74) is 0.580. The number of aromatic nitrogens is 2. The van der Waals surface area contributed by atoms with Gasteiger partial charge in [-0.15, -0.1) is 0 Å². The Morgan fingerprint density at radius 2 is 2.00 bits per heavy atom. The number of ether oxygens (including phenoxy) is 2. The van der Waals surface area contributed by atoms with Crippen molar-refractivity contribution in [1.82, 2.24) is 19.9 Å². The van der Waals surface area contributed by atoms with Crippen molar-refractivity contribution < 1.29 is 23.6 Å². The van der Waals surface area contributed by atoms with Gasteiger partial charge in [0.2, 0.25) is 5.91 Å². The number of rotatable bonds is 7. The molecule has 2 amide bonds. The second-order valence-electron chi connectivity index (χ2n) is 6.80. The van der Waals surface area contributed by atoms with Gasteiger partial charge in [0, 0.05) is 25.8 Å². The number of methoxy groups -OCH3 is 1. The van der Waals surface area contributed by atoms with Gasteiger partial charge >= 0.3 is 0 Å². The van der Waals surface area contributed by atoms with Crippen LogP contribution >= 0.6 is 0 Å². The molecule has 156 valence electrons. The predicted octanol–water partition coefficient (Wildman–Crippen LogP) is 1.46. The van der Waals surface area contributed by atoms with Crippen molar-refractivity contribution in [3.8, 4) is 0 Å². The molecule has 0 N–H and O–H groups in total. The Kier molecular flexibility index (Phi) is 7.31. The smallest absolute Gasteiger partial charge is 0.254 e. The van der Waals surface area contributed by atoms with E-state index in [4.69, 9.17) is 14.0 Å². The maximum absolute atomic E-state index is 13.2. The first-order valence-electron chi connectivity index (χ1n) is 9.61. The van der Waals surface area contributed by atoms with Crippen molar-refractivity contribution in [3.05, 3.63) is 47.6 Å². The molecule has 2 heterocycles. The molecule has 1 saturated heterocycles. The molecule has 29 heavy (non-hydrogen) atoms. The molecule has 0 spiro atoms. The molecule has 1 aliphatic rings. The summed E-state index contributed by atoms with van der Waals surface area (Å²) in [7, 11) is 1.58. The van der Waals surface area contributed by atoms with Crippen molar-refractivity contribution in [2.45, 2.75) is 19.4 Å². The van der Waals surface area contributed by atoms with E-state index in [9.17, 15) is 9.59 Å². The summed E-state index contributed by atoms with van der Waals surface area (Å²) in [5.74, 6) is 0.539. The van der Waals surface area contributed by atoms with Crippen LogP contribution in [0.3, 0.4) is 0 Å². The highest BCUT2D eigenvalue weighted by atomic mass is 16.5. The van der Waals surface area contributed by atoms with Gasteiger partial charge in [0.25, 0.3) is 11.8 Å². The lowest BCUT2D eigenvalue weighted by atomic mass is 10.1. The standard InChI is InChI=1S/C20H26N4O5/c1-15-21-19(29-22-15)17-13-23(18(25)14-28-12-11-27-2)9-6-10-24(17)20(26)16-7-4-3-5-8-16/h3-5,7-8,17H,6,9-14H2,1-2H3. The Bertz CT molecular complexity index is 810. The van der Waals surface area contributed by atoms with Gasteiger partial charge in [0.1, 0.15) is 12.6 Å². The van der Waals surface area contributed by atoms with E-state index in [1.165, 1.54) is 0 Å². The van der Waals surface area contributed by atoms with Crippen LogP contribution in [-0.4, -0.2) is 78.3 Å². The summed E-state index contributed by atoms with van der Waals surface area (Å²) in [6, 6.07) is 8.54. The third-order valence-corrected chi connectivity index (χ3v) is 4.72. The summed E-state index contributed by atoms with van der Waals surface area (Å²) in [4.78, 5) is 33.5. The largest absolute Gasteiger partial charge is 0.382 e. The highest BCUT2D eigenvalue weighted by Gasteiger charge is 2.35. The fraction of sp³-hybridized carbons (Fsp3) is 0.500. The van der Waals surface area contributed by atoms with Crippen LogP contribution in [-0.2, 0) is 14.3 Å². The number of hydrogen-bond acceptors (Lipinski definition) is 7. The van der Waals surface area contributed by atoms with Crippen LogP contribution in [0.15, 0.2) is 34.9 Å². The van der Waals surface area contributed by atoms with E-state index in [2.05, 4.69) is 10.1 Å². The number of amides is 2. The van der Waals surface area contributed by atoms with E-state index in [0.717, 1.165) is 0 Å². The van der Waals surface area contributed by atoms with Crippen LogP contribution in [0.2, 0.25) is 0 Å². The maximum atomic E-state index is 13.2. The summed E-state index contributed by atoms with van der Waals surface area (Å²) in [6.07, 6.45) is 0.645. The van der Waals surface area contributed by atoms with Crippen molar-refractivity contribution >= 4 is 11.8 Å². The predicted molar refractivity (Wildman–Crippen MR) is 103 cm³/mol.